The predicted octanol–water partition coefficient (Wildman–Crippen LogP) is 5.70. The third-order valence-corrected chi connectivity index (χ3v) is 8.37. The number of thioether (sulfide) groups is 2. The number of carbonyl (C=O) groups is 1. The Labute approximate surface area is 206 Å². The maximum absolute atomic E-state index is 13.7. The van der Waals surface area contributed by atoms with Crippen molar-refractivity contribution in [2.75, 3.05) is 16.4 Å². The molecule has 1 atom stereocenters. The van der Waals surface area contributed by atoms with Gasteiger partial charge in [0.05, 0.1) is 28.4 Å². The molecule has 1 aromatic heterocycles. The molecule has 0 saturated heterocycles. The van der Waals surface area contributed by atoms with Gasteiger partial charge in [-0.2, -0.15) is 0 Å². The van der Waals surface area contributed by atoms with Crippen LogP contribution in [0.25, 0.3) is 10.9 Å². The first-order valence-electron chi connectivity index (χ1n) is 11.4. The third-order valence-electron chi connectivity index (χ3n) is 6.30. The highest BCUT2D eigenvalue weighted by Crippen LogP contribution is 2.43. The molecule has 7 heteroatoms. The average molecular weight is 486 g/mol. The van der Waals surface area contributed by atoms with Gasteiger partial charge in [-0.05, 0) is 42.7 Å². The number of aromatic nitrogens is 2. The number of carbonyl (C=O) groups excluding carboxylic acids is 1. The van der Waals surface area contributed by atoms with E-state index in [-0.39, 0.29) is 29.3 Å². The number of para-hydroxylation sites is 2. The first-order valence-corrected chi connectivity index (χ1v) is 13.4. The molecule has 5 nitrogen and oxygen atoms in total. The van der Waals surface area contributed by atoms with Crippen molar-refractivity contribution in [3.8, 4) is 0 Å². The van der Waals surface area contributed by atoms with E-state index in [9.17, 15) is 9.59 Å². The minimum atomic E-state index is -0.0376. The molecule has 1 aliphatic carbocycles. The van der Waals surface area contributed by atoms with Gasteiger partial charge in [-0.3, -0.25) is 14.2 Å². The Morgan fingerprint density at radius 3 is 2.53 bits per heavy atom. The molecule has 1 unspecified atom stereocenters. The Hall–Kier alpha value is -3.03. The van der Waals surface area contributed by atoms with Gasteiger partial charge in [0.2, 0.25) is 5.91 Å². The molecule has 3 aromatic carbocycles. The molecular formula is C27H23N3O2S2. The number of hydrogen-bond acceptors (Lipinski definition) is 5. The summed E-state index contributed by atoms with van der Waals surface area (Å²) >= 11 is 3.16. The summed E-state index contributed by atoms with van der Waals surface area (Å²) in [6.45, 7) is 0. The van der Waals surface area contributed by atoms with Crippen molar-refractivity contribution >= 4 is 46.0 Å². The van der Waals surface area contributed by atoms with E-state index in [1.165, 1.54) is 11.8 Å². The average Bonchev–Trinajstić information content (AvgIpc) is 3.72. The molecule has 0 radical (unpaired) electrons. The van der Waals surface area contributed by atoms with E-state index in [1.54, 1.807) is 16.3 Å². The van der Waals surface area contributed by atoms with Crippen molar-refractivity contribution in [1.29, 1.82) is 0 Å². The molecule has 170 valence electrons. The normalized spacial score (nSPS) is 17.5. The number of amides is 1. The molecule has 2 aliphatic rings. The highest BCUT2D eigenvalue weighted by Gasteiger charge is 2.33. The first-order chi connectivity index (χ1) is 16.7. The summed E-state index contributed by atoms with van der Waals surface area (Å²) in [5, 5.41) is 1.27. The van der Waals surface area contributed by atoms with Crippen molar-refractivity contribution in [2.24, 2.45) is 0 Å². The topological polar surface area (TPSA) is 55.2 Å². The van der Waals surface area contributed by atoms with Crippen LogP contribution in [-0.2, 0) is 4.79 Å². The fourth-order valence-corrected chi connectivity index (χ4v) is 6.59. The van der Waals surface area contributed by atoms with Crippen molar-refractivity contribution in [2.45, 2.75) is 35.0 Å². The molecule has 4 aromatic rings. The Morgan fingerprint density at radius 2 is 1.71 bits per heavy atom. The number of benzene rings is 3. The molecule has 34 heavy (non-hydrogen) atoms. The van der Waals surface area contributed by atoms with Crippen LogP contribution >= 0.6 is 23.5 Å². The zero-order chi connectivity index (χ0) is 23.1. The summed E-state index contributed by atoms with van der Waals surface area (Å²) < 4.78 is 1.80. The summed E-state index contributed by atoms with van der Waals surface area (Å²) in [6.07, 6.45) is 1.96. The van der Waals surface area contributed by atoms with Gasteiger partial charge in [0.1, 0.15) is 0 Å². The number of anilines is 1. The minimum absolute atomic E-state index is 0.00932. The van der Waals surface area contributed by atoms with E-state index < -0.39 is 0 Å². The summed E-state index contributed by atoms with van der Waals surface area (Å²) in [7, 11) is 0. The predicted molar refractivity (Wildman–Crippen MR) is 139 cm³/mol. The van der Waals surface area contributed by atoms with Crippen molar-refractivity contribution in [3.63, 3.8) is 0 Å². The maximum atomic E-state index is 13.7. The van der Waals surface area contributed by atoms with E-state index >= 15 is 0 Å². The number of fused-ring (bicyclic) bond motifs is 2. The zero-order valence-corrected chi connectivity index (χ0v) is 20.1. The Bertz CT molecular complexity index is 1430. The van der Waals surface area contributed by atoms with Crippen LogP contribution in [0.1, 0.15) is 30.5 Å². The molecule has 0 N–H and O–H groups in total. The van der Waals surface area contributed by atoms with Gasteiger partial charge in [-0.15, -0.1) is 11.8 Å². The van der Waals surface area contributed by atoms with E-state index in [1.807, 2.05) is 65.6 Å². The number of rotatable bonds is 5. The maximum Gasteiger partial charge on any atom is 0.262 e. The van der Waals surface area contributed by atoms with Gasteiger partial charge >= 0.3 is 0 Å². The van der Waals surface area contributed by atoms with E-state index in [4.69, 9.17) is 4.98 Å². The van der Waals surface area contributed by atoms with Gasteiger partial charge in [-0.1, -0.05) is 66.4 Å². The summed E-state index contributed by atoms with van der Waals surface area (Å²) in [6, 6.07) is 25.9. The molecule has 6 rings (SSSR count). The lowest BCUT2D eigenvalue weighted by molar-refractivity contribution is -0.116. The van der Waals surface area contributed by atoms with Crippen LogP contribution in [0.2, 0.25) is 0 Å². The Morgan fingerprint density at radius 1 is 0.971 bits per heavy atom. The molecule has 2 heterocycles. The van der Waals surface area contributed by atoms with Crippen LogP contribution in [0, 0.1) is 0 Å². The molecule has 1 amide bonds. The highest BCUT2D eigenvalue weighted by molar-refractivity contribution is 8.00. The van der Waals surface area contributed by atoms with Crippen molar-refractivity contribution in [3.05, 3.63) is 94.8 Å². The first kappa shape index (κ1) is 21.5. The van der Waals surface area contributed by atoms with Gasteiger partial charge < -0.3 is 4.90 Å². The van der Waals surface area contributed by atoms with Gasteiger partial charge in [-0.25, -0.2) is 4.98 Å². The fraction of sp³-hybridized carbons (Fsp3) is 0.222. The van der Waals surface area contributed by atoms with Crippen molar-refractivity contribution in [1.82, 2.24) is 9.55 Å². The molecule has 0 spiro atoms. The van der Waals surface area contributed by atoms with Crippen LogP contribution in [0.15, 0.2) is 93.7 Å². The van der Waals surface area contributed by atoms with Crippen LogP contribution in [0.4, 0.5) is 5.69 Å². The van der Waals surface area contributed by atoms with Crippen LogP contribution in [0.3, 0.4) is 0 Å². The summed E-state index contributed by atoms with van der Waals surface area (Å²) in [5.74, 6) is 1.05. The fourth-order valence-electron chi connectivity index (χ4n) is 4.50. The Kier molecular flexibility index (Phi) is 5.67. The Balaban J connectivity index is 1.34. The monoisotopic (exact) mass is 485 g/mol. The minimum Gasteiger partial charge on any atom is -0.302 e. The largest absolute Gasteiger partial charge is 0.302 e. The number of hydrogen-bond donors (Lipinski definition) is 0. The van der Waals surface area contributed by atoms with E-state index in [0.29, 0.717) is 16.1 Å². The van der Waals surface area contributed by atoms with E-state index in [0.717, 1.165) is 34.7 Å². The SMILES string of the molecule is O=C(CSc1nc2ccccc2c(=O)n1C1CC1)N1c2ccccc2SCC1c1ccccc1. The van der Waals surface area contributed by atoms with E-state index in [2.05, 4.69) is 18.2 Å². The van der Waals surface area contributed by atoms with Gasteiger partial charge in [0.25, 0.3) is 5.56 Å². The smallest absolute Gasteiger partial charge is 0.262 e. The summed E-state index contributed by atoms with van der Waals surface area (Å²) in [4.78, 5) is 34.8. The second-order valence-corrected chi connectivity index (χ2v) is 10.6. The lowest BCUT2D eigenvalue weighted by Gasteiger charge is -2.37. The van der Waals surface area contributed by atoms with Crippen LogP contribution in [0.5, 0.6) is 0 Å². The quantitative estimate of drug-likeness (QED) is 0.268. The second kappa shape index (κ2) is 8.96. The lowest BCUT2D eigenvalue weighted by Crippen LogP contribution is -2.39. The van der Waals surface area contributed by atoms with Gasteiger partial charge in [0.15, 0.2) is 5.16 Å². The zero-order valence-electron chi connectivity index (χ0n) is 18.5. The highest BCUT2D eigenvalue weighted by atomic mass is 32.2. The molecule has 0 bridgehead atoms. The molecule has 1 saturated carbocycles. The summed E-state index contributed by atoms with van der Waals surface area (Å²) in [5.41, 5.74) is 2.75. The lowest BCUT2D eigenvalue weighted by atomic mass is 10.1. The van der Waals surface area contributed by atoms with Crippen LogP contribution < -0.4 is 10.5 Å². The number of nitrogens with zero attached hydrogens (tertiary/aromatic N) is 3. The van der Waals surface area contributed by atoms with Gasteiger partial charge in [0, 0.05) is 16.7 Å². The third kappa shape index (κ3) is 3.93. The standard InChI is InChI=1S/C27H23N3O2S2/c31-25(17-34-27-28-21-11-5-4-10-20(21)26(32)29(27)19-14-15-19)30-22-12-6-7-13-24(22)33-16-23(30)18-8-2-1-3-9-18/h1-13,19,23H,14-17H2. The molecule has 1 aliphatic heterocycles. The second-order valence-electron chi connectivity index (χ2n) is 8.58. The molecule has 1 fully saturated rings. The van der Waals surface area contributed by atoms with Crippen LogP contribution in [-0.4, -0.2) is 27.0 Å². The molecular weight excluding hydrogens is 462 g/mol. The van der Waals surface area contributed by atoms with Crippen molar-refractivity contribution < 1.29 is 4.79 Å².